The molecule has 6 nitrogen and oxygen atoms in total. The number of hydrogen-bond acceptors (Lipinski definition) is 5. The van der Waals surface area contributed by atoms with Crippen molar-refractivity contribution < 1.29 is 14.5 Å². The van der Waals surface area contributed by atoms with Gasteiger partial charge in [-0.3, -0.25) is 14.9 Å². The Morgan fingerprint density at radius 3 is 2.70 bits per heavy atom. The number of nitrogens with one attached hydrogen (secondary N) is 1. The van der Waals surface area contributed by atoms with Gasteiger partial charge in [-0.05, 0) is 26.3 Å². The molecule has 0 saturated heterocycles. The fourth-order valence-electron chi connectivity index (χ4n) is 1.83. The third kappa shape index (κ3) is 5.29. The highest BCUT2D eigenvalue weighted by Gasteiger charge is 2.26. The highest BCUT2D eigenvalue weighted by Crippen LogP contribution is 2.23. The van der Waals surface area contributed by atoms with Crippen LogP contribution in [0, 0.1) is 27.4 Å². The molecular weight excluding hydrogens is 296 g/mol. The number of carbonyl (C=O) groups is 1. The van der Waals surface area contributed by atoms with Crippen LogP contribution >= 0.6 is 0 Å². The summed E-state index contributed by atoms with van der Waals surface area (Å²) in [7, 11) is 1.30. The maximum atomic E-state index is 11.7. The second-order valence-corrected chi connectivity index (χ2v) is 5.63. The van der Waals surface area contributed by atoms with Crippen molar-refractivity contribution in [3.05, 3.63) is 33.9 Å². The minimum absolute atomic E-state index is 0.0359. The number of unbranched alkanes of at least 4 members (excludes halogenated alkanes) is 1. The molecule has 0 saturated carbocycles. The summed E-state index contributed by atoms with van der Waals surface area (Å²) in [5, 5.41) is 14.2. The van der Waals surface area contributed by atoms with Crippen LogP contribution in [0.3, 0.4) is 0 Å². The molecule has 23 heavy (non-hydrogen) atoms. The van der Waals surface area contributed by atoms with Gasteiger partial charge < -0.3 is 10.1 Å². The molecule has 0 amide bonds. The highest BCUT2D eigenvalue weighted by molar-refractivity contribution is 5.80. The Hall–Kier alpha value is -2.55. The first kappa shape index (κ1) is 18.5. The Balaban J connectivity index is 3.17. The monoisotopic (exact) mass is 318 g/mol. The summed E-state index contributed by atoms with van der Waals surface area (Å²) in [5.41, 5.74) is 0.191. The van der Waals surface area contributed by atoms with Crippen LogP contribution < -0.4 is 5.32 Å². The van der Waals surface area contributed by atoms with Crippen LogP contribution in [0.15, 0.2) is 18.2 Å². The number of non-ortho nitro benzene ring substituents is 1. The number of esters is 1. The Morgan fingerprint density at radius 1 is 1.43 bits per heavy atom. The lowest BCUT2D eigenvalue weighted by atomic mass is 9.94. The third-order valence-electron chi connectivity index (χ3n) is 3.27. The minimum Gasteiger partial charge on any atom is -0.468 e. The molecule has 1 aromatic rings. The maximum absolute atomic E-state index is 11.7. The fraction of sp³-hybridized carbons (Fsp3) is 0.471. The molecule has 0 aliphatic carbocycles. The van der Waals surface area contributed by atoms with Gasteiger partial charge in [0.05, 0.1) is 23.3 Å². The van der Waals surface area contributed by atoms with Gasteiger partial charge in [0, 0.05) is 18.7 Å². The molecule has 1 N–H and O–H groups in total. The van der Waals surface area contributed by atoms with E-state index in [4.69, 9.17) is 4.74 Å². The molecule has 0 unspecified atom stereocenters. The van der Waals surface area contributed by atoms with Crippen LogP contribution in [-0.2, 0) is 9.53 Å². The van der Waals surface area contributed by atoms with E-state index in [1.807, 2.05) is 0 Å². The second-order valence-electron chi connectivity index (χ2n) is 5.63. The number of benzene rings is 1. The van der Waals surface area contributed by atoms with Crippen LogP contribution in [-0.4, -0.2) is 24.5 Å². The molecule has 0 atom stereocenters. The van der Waals surface area contributed by atoms with E-state index in [1.54, 1.807) is 19.9 Å². The van der Waals surface area contributed by atoms with E-state index in [9.17, 15) is 14.9 Å². The summed E-state index contributed by atoms with van der Waals surface area (Å²) < 4.78 is 4.71. The molecule has 1 rings (SSSR count). The van der Waals surface area contributed by atoms with Crippen molar-refractivity contribution in [2.24, 2.45) is 5.41 Å². The zero-order valence-electron chi connectivity index (χ0n) is 13.9. The lowest BCUT2D eigenvalue weighted by Gasteiger charge is -2.14. The number of nitro benzene ring substituents is 1. The summed E-state index contributed by atoms with van der Waals surface area (Å²) in [6, 6.07) is 4.49. The molecule has 0 aliphatic heterocycles. The van der Waals surface area contributed by atoms with Crippen molar-refractivity contribution in [2.75, 3.05) is 19.0 Å². The van der Waals surface area contributed by atoms with Crippen molar-refractivity contribution in [3.8, 4) is 11.8 Å². The topological polar surface area (TPSA) is 81.5 Å². The van der Waals surface area contributed by atoms with Gasteiger partial charge >= 0.3 is 5.97 Å². The summed E-state index contributed by atoms with van der Waals surface area (Å²) in [4.78, 5) is 22.2. The predicted octanol–water partition coefficient (Wildman–Crippen LogP) is 3.36. The van der Waals surface area contributed by atoms with Crippen molar-refractivity contribution in [2.45, 2.75) is 33.6 Å². The smallest absolute Gasteiger partial charge is 0.323 e. The van der Waals surface area contributed by atoms with Gasteiger partial charge in [-0.1, -0.05) is 25.2 Å². The first-order valence-corrected chi connectivity index (χ1v) is 7.45. The van der Waals surface area contributed by atoms with Gasteiger partial charge in [-0.2, -0.15) is 0 Å². The molecule has 6 heteroatoms. The predicted molar refractivity (Wildman–Crippen MR) is 89.2 cm³/mol. The van der Waals surface area contributed by atoms with Crippen molar-refractivity contribution in [3.63, 3.8) is 0 Å². The van der Waals surface area contributed by atoms with Gasteiger partial charge in [-0.25, -0.2) is 0 Å². The Labute approximate surface area is 136 Å². The standard InChI is InChI=1S/C17H22N2O4/c1-5-6-11-18-15-8-7-14(19(21)22)12-13(15)9-10-17(2,3)16(20)23-4/h7-8,12,18H,5-6,11H2,1-4H3. The molecule has 1 aromatic carbocycles. The van der Waals surface area contributed by atoms with Gasteiger partial charge in [0.2, 0.25) is 0 Å². The third-order valence-corrected chi connectivity index (χ3v) is 3.27. The number of rotatable bonds is 6. The highest BCUT2D eigenvalue weighted by atomic mass is 16.6. The van der Waals surface area contributed by atoms with E-state index in [-0.39, 0.29) is 5.69 Å². The van der Waals surface area contributed by atoms with Crippen molar-refractivity contribution in [1.82, 2.24) is 0 Å². The summed E-state index contributed by atoms with van der Waals surface area (Å²) in [5.74, 6) is 5.26. The van der Waals surface area contributed by atoms with Crippen LogP contribution in [0.4, 0.5) is 11.4 Å². The first-order valence-electron chi connectivity index (χ1n) is 7.45. The van der Waals surface area contributed by atoms with Crippen LogP contribution in [0.5, 0.6) is 0 Å². The molecule has 0 spiro atoms. The zero-order valence-corrected chi connectivity index (χ0v) is 13.9. The average Bonchev–Trinajstić information content (AvgIpc) is 2.52. The summed E-state index contributed by atoms with van der Waals surface area (Å²) in [6.45, 7) is 6.13. The SMILES string of the molecule is CCCCNc1ccc([N+](=O)[O-])cc1C#CC(C)(C)C(=O)OC. The summed E-state index contributed by atoms with van der Waals surface area (Å²) in [6.07, 6.45) is 2.02. The van der Waals surface area contributed by atoms with Gasteiger partial charge in [0.1, 0.15) is 5.41 Å². The summed E-state index contributed by atoms with van der Waals surface area (Å²) >= 11 is 0. The number of ether oxygens (including phenoxy) is 1. The number of nitrogens with zero attached hydrogens (tertiary/aromatic N) is 1. The van der Waals surface area contributed by atoms with E-state index >= 15 is 0 Å². The first-order chi connectivity index (χ1) is 10.8. The normalized spacial score (nSPS) is 10.4. The van der Waals surface area contributed by atoms with E-state index in [2.05, 4.69) is 24.1 Å². The van der Waals surface area contributed by atoms with Crippen LogP contribution in [0.2, 0.25) is 0 Å². The quantitative estimate of drug-likeness (QED) is 0.286. The van der Waals surface area contributed by atoms with Gasteiger partial charge in [0.15, 0.2) is 0 Å². The van der Waals surface area contributed by atoms with Crippen molar-refractivity contribution in [1.29, 1.82) is 0 Å². The number of nitro groups is 1. The molecule has 0 aliphatic rings. The van der Waals surface area contributed by atoms with Crippen molar-refractivity contribution >= 4 is 17.3 Å². The average molecular weight is 318 g/mol. The zero-order chi connectivity index (χ0) is 17.5. The lowest BCUT2D eigenvalue weighted by Crippen LogP contribution is -2.23. The molecule has 0 heterocycles. The molecule has 0 fully saturated rings. The number of hydrogen-bond donors (Lipinski definition) is 1. The largest absolute Gasteiger partial charge is 0.468 e. The number of anilines is 1. The molecule has 124 valence electrons. The van der Waals surface area contributed by atoms with E-state index < -0.39 is 16.3 Å². The number of carbonyl (C=O) groups excluding carboxylic acids is 1. The number of methoxy groups -OCH3 is 1. The molecule has 0 aromatic heterocycles. The van der Waals surface area contributed by atoms with Gasteiger partial charge in [0.25, 0.3) is 5.69 Å². The molecular formula is C17H22N2O4. The van der Waals surface area contributed by atoms with Crippen LogP contribution in [0.25, 0.3) is 0 Å². The lowest BCUT2D eigenvalue weighted by molar-refractivity contribution is -0.384. The molecule has 0 radical (unpaired) electrons. The fourth-order valence-corrected chi connectivity index (χ4v) is 1.83. The minimum atomic E-state index is -0.986. The molecule has 0 bridgehead atoms. The second kappa shape index (κ2) is 8.18. The van der Waals surface area contributed by atoms with Gasteiger partial charge in [-0.15, -0.1) is 0 Å². The van der Waals surface area contributed by atoms with E-state index in [0.29, 0.717) is 5.56 Å². The van der Waals surface area contributed by atoms with E-state index in [0.717, 1.165) is 25.1 Å². The maximum Gasteiger partial charge on any atom is 0.323 e. The Morgan fingerprint density at radius 2 is 2.13 bits per heavy atom. The Kier molecular flexibility index (Phi) is 6.58. The van der Waals surface area contributed by atoms with E-state index in [1.165, 1.54) is 19.2 Å². The van der Waals surface area contributed by atoms with Crippen LogP contribution in [0.1, 0.15) is 39.2 Å². The Bertz CT molecular complexity index is 642.